The zero-order chi connectivity index (χ0) is 19.8. The molecule has 2 aromatic carbocycles. The van der Waals surface area contributed by atoms with Crippen molar-refractivity contribution in [3.8, 4) is 0 Å². The molecule has 4 rings (SSSR count). The molecule has 2 heterocycles. The molecule has 0 aliphatic heterocycles. The van der Waals surface area contributed by atoms with Crippen molar-refractivity contribution in [1.82, 2.24) is 15.0 Å². The molecule has 2 radical (unpaired) electrons. The van der Waals surface area contributed by atoms with Crippen LogP contribution in [0.3, 0.4) is 0 Å². The molecular formula is C21H26N4O4Y2-2. The van der Waals surface area contributed by atoms with E-state index >= 15 is 0 Å². The molecule has 0 amide bonds. The van der Waals surface area contributed by atoms with E-state index in [1.165, 1.54) is 0 Å². The smallest absolute Gasteiger partial charge is 0.411 e. The Morgan fingerprint density at radius 3 is 1.87 bits per heavy atom. The Morgan fingerprint density at radius 2 is 1.32 bits per heavy atom. The van der Waals surface area contributed by atoms with Crippen LogP contribution in [0.15, 0.2) is 72.3 Å². The summed E-state index contributed by atoms with van der Waals surface area (Å²) >= 11 is 0. The van der Waals surface area contributed by atoms with Crippen molar-refractivity contribution in [2.24, 2.45) is 4.99 Å². The van der Waals surface area contributed by atoms with E-state index in [4.69, 9.17) is 0 Å². The van der Waals surface area contributed by atoms with Crippen LogP contribution in [0.4, 0.5) is 0 Å². The third kappa shape index (κ3) is 9.27. The number of hydrogen-bond donors (Lipinski definition) is 2. The molecule has 4 aromatic rings. The van der Waals surface area contributed by atoms with E-state index in [2.05, 4.69) is 24.4 Å². The topological polar surface area (TPSA) is 122 Å². The van der Waals surface area contributed by atoms with Crippen molar-refractivity contribution in [1.29, 1.82) is 0 Å². The summed E-state index contributed by atoms with van der Waals surface area (Å²) in [6, 6.07) is 13.9. The Hall–Kier alpha value is -1.47. The molecule has 8 nitrogen and oxygen atoms in total. The van der Waals surface area contributed by atoms with E-state index in [1.807, 2.05) is 32.0 Å². The largest absolute Gasteiger partial charge is 0.419 e. The average Bonchev–Trinajstić information content (AvgIpc) is 2.70. The minimum Gasteiger partial charge on any atom is -0.411 e. The van der Waals surface area contributed by atoms with Gasteiger partial charge in [0, 0.05) is 76.4 Å². The van der Waals surface area contributed by atoms with Crippen LogP contribution in [0.2, 0.25) is 0 Å². The Labute approximate surface area is 230 Å². The number of H-pyrrole nitrogens is 2. The molecule has 0 saturated heterocycles. The van der Waals surface area contributed by atoms with Gasteiger partial charge in [-0.05, 0) is 24.7 Å². The van der Waals surface area contributed by atoms with Crippen LogP contribution in [-0.2, 0) is 65.4 Å². The van der Waals surface area contributed by atoms with Gasteiger partial charge in [-0.15, -0.1) is 0 Å². The van der Waals surface area contributed by atoms with Crippen LogP contribution in [0.5, 0.6) is 0 Å². The van der Waals surface area contributed by atoms with E-state index < -0.39 is 11.4 Å². The summed E-state index contributed by atoms with van der Waals surface area (Å²) in [5.74, 6) is -0.723. The molecule has 10 heteroatoms. The second kappa shape index (κ2) is 17.1. The van der Waals surface area contributed by atoms with Gasteiger partial charge in [-0.25, -0.2) is 9.59 Å². The van der Waals surface area contributed by atoms with Gasteiger partial charge in [-0.3, -0.25) is 9.78 Å². The van der Waals surface area contributed by atoms with Gasteiger partial charge in [-0.2, -0.15) is 0 Å². The molecular weight excluding hydrogens is 550 g/mol. The molecule has 0 unspecified atom stereocenters. The maximum atomic E-state index is 11.4. The molecule has 0 fully saturated rings. The third-order valence-electron chi connectivity index (χ3n) is 3.39. The summed E-state index contributed by atoms with van der Waals surface area (Å²) in [5.41, 5.74) is 0.787. The van der Waals surface area contributed by atoms with Crippen molar-refractivity contribution in [3.63, 3.8) is 0 Å². The van der Waals surface area contributed by atoms with Gasteiger partial charge in [0.1, 0.15) is 0 Å². The van der Waals surface area contributed by atoms with Gasteiger partial charge in [0.25, 0.3) is 0 Å². The molecule has 2 N–H and O–H groups in total. The number of benzene rings is 2. The number of aromatic nitrogens is 3. The first-order valence-corrected chi connectivity index (χ1v) is 8.29. The number of nitrogens with one attached hydrogen (secondary N) is 2. The normalized spacial score (nSPS) is 9.32. The minimum absolute atomic E-state index is 0. The number of fused-ring (bicyclic) bond motifs is 2. The first-order valence-electron chi connectivity index (χ1n) is 8.29. The predicted octanol–water partition coefficient (Wildman–Crippen LogP) is 2.60. The second-order valence-corrected chi connectivity index (χ2v) is 4.98. The van der Waals surface area contributed by atoms with E-state index in [0.717, 1.165) is 5.52 Å². The Kier molecular flexibility index (Phi) is 18.9. The zero-order valence-electron chi connectivity index (χ0n) is 17.3. The van der Waals surface area contributed by atoms with Gasteiger partial charge < -0.3 is 26.8 Å². The van der Waals surface area contributed by atoms with Gasteiger partial charge in [0.05, 0.1) is 10.9 Å². The van der Waals surface area contributed by atoms with Crippen LogP contribution < -0.4 is 27.5 Å². The fourth-order valence-electron chi connectivity index (χ4n) is 2.23. The summed E-state index contributed by atoms with van der Waals surface area (Å²) in [5, 5.41) is 0.979. The van der Waals surface area contributed by atoms with Crippen LogP contribution in [0.25, 0.3) is 21.8 Å². The van der Waals surface area contributed by atoms with Gasteiger partial charge >= 0.3 is 11.4 Å². The van der Waals surface area contributed by atoms with Crippen LogP contribution in [-0.4, -0.2) is 17.0 Å². The summed E-state index contributed by atoms with van der Waals surface area (Å²) in [4.78, 5) is 46.0. The van der Waals surface area contributed by atoms with E-state index in [1.54, 1.807) is 37.4 Å². The van der Waals surface area contributed by atoms with Gasteiger partial charge in [0.15, 0.2) is 0 Å². The summed E-state index contributed by atoms with van der Waals surface area (Å²) < 4.78 is 4.32. The average molecular weight is 576 g/mol. The predicted molar refractivity (Wildman–Crippen MR) is 117 cm³/mol. The van der Waals surface area contributed by atoms with Crippen LogP contribution in [0.1, 0.15) is 21.3 Å². The fraction of sp³-hybridized carbons (Fsp3) is 0.190. The van der Waals surface area contributed by atoms with Crippen molar-refractivity contribution < 1.29 is 69.8 Å². The summed E-state index contributed by atoms with van der Waals surface area (Å²) in [6.07, 6.45) is 0. The maximum Gasteiger partial charge on any atom is 0.419 e. The maximum absolute atomic E-state index is 11.4. The molecule has 31 heavy (non-hydrogen) atoms. The number of hydrogen-bond acceptors (Lipinski definition) is 5. The monoisotopic (exact) mass is 576 g/mol. The molecule has 0 saturated carbocycles. The minimum atomic E-state index is -0.723. The SMILES string of the molecule is C.CC.CN=c1[n-]c(=O)c2ccccc2[nH]1.O=c1[nH]c2ccccc2c(=O)o1.[CH3-].[Y].[Y]. The number of para-hydroxylation sites is 2. The van der Waals surface area contributed by atoms with Crippen molar-refractivity contribution in [3.05, 3.63) is 92.9 Å². The molecule has 0 aliphatic rings. The fourth-order valence-corrected chi connectivity index (χ4v) is 2.23. The Bertz CT molecular complexity index is 1290. The number of nitrogens with zero attached hydrogens (tertiary/aromatic N) is 2. The van der Waals surface area contributed by atoms with Gasteiger partial charge in [-0.1, -0.05) is 57.7 Å². The molecule has 2 aromatic heterocycles. The van der Waals surface area contributed by atoms with E-state index in [-0.39, 0.29) is 85.8 Å². The number of rotatable bonds is 0. The second-order valence-electron chi connectivity index (χ2n) is 4.98. The number of aromatic amines is 2. The van der Waals surface area contributed by atoms with E-state index in [0.29, 0.717) is 21.9 Å². The van der Waals surface area contributed by atoms with E-state index in [9.17, 15) is 14.4 Å². The van der Waals surface area contributed by atoms with Crippen molar-refractivity contribution in [2.75, 3.05) is 7.05 Å². The first-order chi connectivity index (χ1) is 13.1. The van der Waals surface area contributed by atoms with Gasteiger partial charge in [0.2, 0.25) is 5.56 Å². The molecule has 0 spiro atoms. The first kappa shape index (κ1) is 34.1. The molecule has 0 atom stereocenters. The van der Waals surface area contributed by atoms with Crippen LogP contribution in [0, 0.1) is 7.43 Å². The molecule has 0 aliphatic carbocycles. The molecule has 162 valence electrons. The van der Waals surface area contributed by atoms with Crippen LogP contribution >= 0.6 is 0 Å². The summed E-state index contributed by atoms with van der Waals surface area (Å²) in [7, 11) is 1.59. The molecule has 0 bridgehead atoms. The van der Waals surface area contributed by atoms with Crippen molar-refractivity contribution >= 4 is 21.8 Å². The third-order valence-corrected chi connectivity index (χ3v) is 3.39. The van der Waals surface area contributed by atoms with Crippen molar-refractivity contribution in [2.45, 2.75) is 21.3 Å². The summed E-state index contributed by atoms with van der Waals surface area (Å²) in [6.45, 7) is 4.00. The quantitative estimate of drug-likeness (QED) is 0.312. The Morgan fingerprint density at radius 1 is 0.839 bits per heavy atom. The Balaban J connectivity index is -0.000000419. The zero-order valence-corrected chi connectivity index (χ0v) is 23.0. The standard InChI is InChI=1S/C9H9N3O.C8H5NO3.C2H6.CH4.CH3.2Y/c1-10-9-11-7-5-3-2-4-6(7)8(13)12-9;10-7-5-3-1-2-4-6(5)9-8(11)12-7;1-2;;;;/h2-5H,1H3,(H2,10,11,12,13);1-4H,(H,9,11);1-2H3;1H4;1H3;;/q;;;;-1;;/p-1.